The Morgan fingerprint density at radius 2 is 2.40 bits per heavy atom. The molecule has 0 radical (unpaired) electrons. The number of aromatic nitrogens is 2. The van der Waals surface area contributed by atoms with Gasteiger partial charge in [-0.25, -0.2) is 0 Å². The molecule has 20 heavy (non-hydrogen) atoms. The van der Waals surface area contributed by atoms with E-state index in [1.165, 1.54) is 0 Å². The zero-order valence-corrected chi connectivity index (χ0v) is 12.4. The summed E-state index contributed by atoms with van der Waals surface area (Å²) in [4.78, 5) is 16.1. The van der Waals surface area contributed by atoms with E-state index in [0.717, 1.165) is 23.5 Å². The molecular formula is C13H14N2O3S2. The van der Waals surface area contributed by atoms with Crippen LogP contribution < -0.4 is 0 Å². The molecule has 2 aromatic rings. The van der Waals surface area contributed by atoms with E-state index in [-0.39, 0.29) is 11.8 Å². The van der Waals surface area contributed by atoms with Gasteiger partial charge in [0, 0.05) is 0 Å². The van der Waals surface area contributed by atoms with Crippen LogP contribution in [0.2, 0.25) is 0 Å². The number of nitrogens with zero attached hydrogens (tertiary/aromatic N) is 2. The lowest BCUT2D eigenvalue weighted by molar-refractivity contribution is -0.138. The van der Waals surface area contributed by atoms with Gasteiger partial charge in [0.25, 0.3) is 0 Å². The summed E-state index contributed by atoms with van der Waals surface area (Å²) in [6.45, 7) is 0. The summed E-state index contributed by atoms with van der Waals surface area (Å²) >= 11 is 3.25. The fourth-order valence-corrected chi connectivity index (χ4v) is 3.91. The summed E-state index contributed by atoms with van der Waals surface area (Å²) in [5.74, 6) is 2.00. The number of aliphatic carboxylic acids is 1. The first-order valence-corrected chi connectivity index (χ1v) is 8.36. The van der Waals surface area contributed by atoms with Crippen LogP contribution in [0.15, 0.2) is 22.0 Å². The summed E-state index contributed by atoms with van der Waals surface area (Å²) in [5.41, 5.74) is 0.00705. The number of thiophene rings is 1. The Kier molecular flexibility index (Phi) is 3.80. The Morgan fingerprint density at radius 3 is 3.05 bits per heavy atom. The lowest BCUT2D eigenvalue weighted by Gasteiger charge is -2.10. The topological polar surface area (TPSA) is 76.2 Å². The molecule has 0 bridgehead atoms. The Hall–Kier alpha value is -1.34. The first-order chi connectivity index (χ1) is 9.67. The number of carboxylic acid groups (broad SMARTS) is 1. The normalized spacial score (nSPS) is 16.2. The van der Waals surface area contributed by atoms with Crippen LogP contribution >= 0.6 is 23.1 Å². The molecule has 0 aliphatic heterocycles. The third-order valence-electron chi connectivity index (χ3n) is 3.33. The number of rotatable bonds is 7. The van der Waals surface area contributed by atoms with E-state index in [4.69, 9.17) is 9.63 Å². The third kappa shape index (κ3) is 3.21. The van der Waals surface area contributed by atoms with Crippen molar-refractivity contribution >= 4 is 29.1 Å². The van der Waals surface area contributed by atoms with Crippen LogP contribution in [-0.2, 0) is 10.5 Å². The van der Waals surface area contributed by atoms with E-state index in [2.05, 4.69) is 10.1 Å². The average Bonchev–Trinajstić information content (AvgIpc) is 2.86. The Labute approximate surface area is 124 Å². The van der Waals surface area contributed by atoms with E-state index < -0.39 is 5.97 Å². The van der Waals surface area contributed by atoms with Gasteiger partial charge in [-0.3, -0.25) is 4.79 Å². The molecule has 106 valence electrons. The van der Waals surface area contributed by atoms with Crippen molar-refractivity contribution in [3.8, 4) is 10.7 Å². The first-order valence-electron chi connectivity index (χ1n) is 6.33. The summed E-state index contributed by atoms with van der Waals surface area (Å²) in [6.07, 6.45) is 2.29. The van der Waals surface area contributed by atoms with E-state index in [1.807, 2.05) is 17.5 Å². The second-order valence-electron chi connectivity index (χ2n) is 5.05. The highest BCUT2D eigenvalue weighted by Gasteiger charge is 2.44. The van der Waals surface area contributed by atoms with E-state index in [1.54, 1.807) is 23.1 Å². The van der Waals surface area contributed by atoms with Crippen molar-refractivity contribution in [2.45, 2.75) is 25.0 Å². The largest absolute Gasteiger partial charge is 0.481 e. The van der Waals surface area contributed by atoms with Gasteiger partial charge in [0.05, 0.1) is 17.1 Å². The Bertz CT molecular complexity index is 591. The molecule has 0 spiro atoms. The average molecular weight is 310 g/mol. The van der Waals surface area contributed by atoms with Crippen molar-refractivity contribution < 1.29 is 14.4 Å². The van der Waals surface area contributed by atoms with Crippen molar-refractivity contribution in [1.29, 1.82) is 0 Å². The highest BCUT2D eigenvalue weighted by molar-refractivity contribution is 7.98. The van der Waals surface area contributed by atoms with Gasteiger partial charge in [-0.15, -0.1) is 11.3 Å². The van der Waals surface area contributed by atoms with Crippen LogP contribution in [-0.4, -0.2) is 27.0 Å². The molecule has 2 aromatic heterocycles. The minimum atomic E-state index is -0.708. The molecule has 7 heteroatoms. The maximum Gasteiger partial charge on any atom is 0.303 e. The molecule has 1 aliphatic carbocycles. The molecule has 1 saturated carbocycles. The highest BCUT2D eigenvalue weighted by Crippen LogP contribution is 2.51. The van der Waals surface area contributed by atoms with Crippen LogP contribution in [0.25, 0.3) is 10.7 Å². The lowest BCUT2D eigenvalue weighted by Crippen LogP contribution is -2.11. The molecule has 0 atom stereocenters. The molecule has 3 rings (SSSR count). The lowest BCUT2D eigenvalue weighted by atomic mass is 10.1. The van der Waals surface area contributed by atoms with Gasteiger partial charge in [0.15, 0.2) is 0 Å². The van der Waals surface area contributed by atoms with Gasteiger partial charge in [-0.1, -0.05) is 11.2 Å². The summed E-state index contributed by atoms with van der Waals surface area (Å²) < 4.78 is 5.21. The fraction of sp³-hybridized carbons (Fsp3) is 0.462. The van der Waals surface area contributed by atoms with Crippen molar-refractivity contribution in [2.75, 3.05) is 5.75 Å². The first kappa shape index (κ1) is 13.6. The fourth-order valence-electron chi connectivity index (χ4n) is 2.04. The van der Waals surface area contributed by atoms with E-state index in [0.29, 0.717) is 17.5 Å². The second kappa shape index (κ2) is 5.57. The Balaban J connectivity index is 1.51. The molecule has 5 nitrogen and oxygen atoms in total. The van der Waals surface area contributed by atoms with Gasteiger partial charge >= 0.3 is 5.97 Å². The maximum atomic E-state index is 10.8. The smallest absolute Gasteiger partial charge is 0.303 e. The van der Waals surface area contributed by atoms with Crippen LogP contribution in [0.1, 0.15) is 25.2 Å². The van der Waals surface area contributed by atoms with Crippen molar-refractivity contribution in [3.05, 3.63) is 23.4 Å². The van der Waals surface area contributed by atoms with Crippen molar-refractivity contribution in [3.63, 3.8) is 0 Å². The van der Waals surface area contributed by atoms with Crippen LogP contribution in [0, 0.1) is 5.41 Å². The number of hydrogen-bond donors (Lipinski definition) is 1. The standard InChI is InChI=1S/C13H14N2O3S2/c16-11(17)6-13(3-4-13)8-19-7-10-14-12(15-18-10)9-2-1-5-20-9/h1-2,5H,3-4,6-8H2,(H,16,17). The molecule has 0 aromatic carbocycles. The Morgan fingerprint density at radius 1 is 1.55 bits per heavy atom. The number of hydrogen-bond acceptors (Lipinski definition) is 6. The monoisotopic (exact) mass is 310 g/mol. The minimum Gasteiger partial charge on any atom is -0.481 e. The van der Waals surface area contributed by atoms with Gasteiger partial charge in [-0.2, -0.15) is 16.7 Å². The summed E-state index contributed by atoms with van der Waals surface area (Å²) in [7, 11) is 0. The number of thioether (sulfide) groups is 1. The zero-order valence-electron chi connectivity index (χ0n) is 10.7. The van der Waals surface area contributed by atoms with Crippen molar-refractivity contribution in [1.82, 2.24) is 10.1 Å². The molecule has 1 N–H and O–H groups in total. The number of carbonyl (C=O) groups is 1. The van der Waals surface area contributed by atoms with Gasteiger partial charge in [0.2, 0.25) is 11.7 Å². The van der Waals surface area contributed by atoms with E-state index in [9.17, 15) is 4.79 Å². The maximum absolute atomic E-state index is 10.8. The predicted molar refractivity (Wildman–Crippen MR) is 77.7 cm³/mol. The van der Waals surface area contributed by atoms with Gasteiger partial charge in [-0.05, 0) is 35.5 Å². The zero-order chi connectivity index (χ0) is 14.0. The SMILES string of the molecule is O=C(O)CC1(CSCc2nc(-c3cccs3)no2)CC1. The van der Waals surface area contributed by atoms with Gasteiger partial charge in [0.1, 0.15) is 0 Å². The summed E-state index contributed by atoms with van der Waals surface area (Å²) in [6, 6.07) is 3.91. The molecule has 0 amide bonds. The second-order valence-corrected chi connectivity index (χ2v) is 6.99. The molecular weight excluding hydrogens is 296 g/mol. The quantitative estimate of drug-likeness (QED) is 0.845. The molecule has 1 fully saturated rings. The third-order valence-corrected chi connectivity index (χ3v) is 5.46. The predicted octanol–water partition coefficient (Wildman–Crippen LogP) is 3.29. The molecule has 1 aliphatic rings. The van der Waals surface area contributed by atoms with Crippen LogP contribution in [0.3, 0.4) is 0 Å². The van der Waals surface area contributed by atoms with Crippen LogP contribution in [0.5, 0.6) is 0 Å². The van der Waals surface area contributed by atoms with Crippen molar-refractivity contribution in [2.24, 2.45) is 5.41 Å². The molecule has 0 saturated heterocycles. The molecule has 0 unspecified atom stereocenters. The highest BCUT2D eigenvalue weighted by atomic mass is 32.2. The van der Waals surface area contributed by atoms with Crippen LogP contribution in [0.4, 0.5) is 0 Å². The van der Waals surface area contributed by atoms with Gasteiger partial charge < -0.3 is 9.63 Å². The number of carboxylic acids is 1. The molecule has 2 heterocycles. The van der Waals surface area contributed by atoms with E-state index >= 15 is 0 Å². The summed E-state index contributed by atoms with van der Waals surface area (Å²) in [5, 5.41) is 14.8. The minimum absolute atomic E-state index is 0.00705.